The molecule has 2 N–H and O–H groups in total. The highest BCUT2D eigenvalue weighted by Crippen LogP contribution is 2.20. The van der Waals surface area contributed by atoms with Gasteiger partial charge < -0.3 is 15.1 Å². The maximum absolute atomic E-state index is 12.7. The lowest BCUT2D eigenvalue weighted by atomic mass is 10.2. The number of furan rings is 1. The summed E-state index contributed by atoms with van der Waals surface area (Å²) in [5.41, 5.74) is 7.11. The van der Waals surface area contributed by atoms with Gasteiger partial charge in [-0.25, -0.2) is 4.98 Å². The molecule has 126 valence electrons. The summed E-state index contributed by atoms with van der Waals surface area (Å²) >= 11 is 0. The first kappa shape index (κ1) is 16.0. The number of hydrogen-bond donors (Lipinski definition) is 1. The molecule has 0 aliphatic carbocycles. The van der Waals surface area contributed by atoms with Crippen molar-refractivity contribution < 1.29 is 9.21 Å². The first-order valence-electron chi connectivity index (χ1n) is 8.13. The molecule has 0 aromatic carbocycles. The molecule has 24 heavy (non-hydrogen) atoms. The standard InChI is InChI=1S/C17H21N5O2/c1-3-5-8-21(4-2)17(23)12-10-14(18)22-15(11-12)19-16(20-22)13-7-6-9-24-13/h6-7,9-11H,3-5,8,18H2,1-2H3. The minimum atomic E-state index is -0.0392. The molecule has 0 aliphatic rings. The summed E-state index contributed by atoms with van der Waals surface area (Å²) in [6.45, 7) is 5.48. The van der Waals surface area contributed by atoms with Gasteiger partial charge in [0, 0.05) is 18.7 Å². The van der Waals surface area contributed by atoms with Crippen LogP contribution in [-0.2, 0) is 0 Å². The third-order valence-corrected chi connectivity index (χ3v) is 3.90. The minimum Gasteiger partial charge on any atom is -0.461 e. The molecule has 0 unspecified atom stereocenters. The maximum atomic E-state index is 12.7. The molecule has 7 heteroatoms. The summed E-state index contributed by atoms with van der Waals surface area (Å²) in [6, 6.07) is 6.91. The van der Waals surface area contributed by atoms with Gasteiger partial charge in [0.1, 0.15) is 5.82 Å². The van der Waals surface area contributed by atoms with E-state index in [2.05, 4.69) is 17.0 Å². The second-order valence-electron chi connectivity index (χ2n) is 5.59. The van der Waals surface area contributed by atoms with Gasteiger partial charge in [-0.1, -0.05) is 13.3 Å². The van der Waals surface area contributed by atoms with Crippen LogP contribution in [0.25, 0.3) is 17.2 Å². The van der Waals surface area contributed by atoms with Gasteiger partial charge in [-0.15, -0.1) is 5.10 Å². The number of nitrogens with two attached hydrogens (primary N) is 1. The Morgan fingerprint density at radius 2 is 2.21 bits per heavy atom. The predicted octanol–water partition coefficient (Wildman–Crippen LogP) is 2.83. The number of nitrogen functional groups attached to an aromatic ring is 1. The first-order valence-corrected chi connectivity index (χ1v) is 8.13. The van der Waals surface area contributed by atoms with Crippen molar-refractivity contribution >= 4 is 17.4 Å². The number of rotatable bonds is 6. The smallest absolute Gasteiger partial charge is 0.254 e. The van der Waals surface area contributed by atoms with E-state index in [1.54, 1.807) is 30.5 Å². The monoisotopic (exact) mass is 327 g/mol. The molecule has 0 saturated heterocycles. The molecule has 0 fully saturated rings. The molecule has 0 aliphatic heterocycles. The Hall–Kier alpha value is -2.83. The number of amides is 1. The van der Waals surface area contributed by atoms with Gasteiger partial charge >= 0.3 is 0 Å². The van der Waals surface area contributed by atoms with Crippen molar-refractivity contribution in [2.24, 2.45) is 0 Å². The summed E-state index contributed by atoms with van der Waals surface area (Å²) in [5.74, 6) is 1.33. The predicted molar refractivity (Wildman–Crippen MR) is 91.6 cm³/mol. The highest BCUT2D eigenvalue weighted by atomic mass is 16.3. The Balaban J connectivity index is 1.96. The molecule has 0 saturated carbocycles. The number of anilines is 1. The lowest BCUT2D eigenvalue weighted by Gasteiger charge is -2.20. The van der Waals surface area contributed by atoms with E-state index in [0.29, 0.717) is 35.2 Å². The van der Waals surface area contributed by atoms with Crippen molar-refractivity contribution in [1.29, 1.82) is 0 Å². The third-order valence-electron chi connectivity index (χ3n) is 3.90. The lowest BCUT2D eigenvalue weighted by Crippen LogP contribution is -2.31. The second kappa shape index (κ2) is 6.74. The number of unbranched alkanes of at least 4 members (excludes halogenated alkanes) is 1. The van der Waals surface area contributed by atoms with Crippen LogP contribution < -0.4 is 5.73 Å². The summed E-state index contributed by atoms with van der Waals surface area (Å²) in [5, 5.41) is 4.33. The molecule has 1 amide bonds. The maximum Gasteiger partial charge on any atom is 0.254 e. The van der Waals surface area contributed by atoms with Crippen LogP contribution in [0.2, 0.25) is 0 Å². The quantitative estimate of drug-likeness (QED) is 0.752. The molecular formula is C17H21N5O2. The number of fused-ring (bicyclic) bond motifs is 1. The summed E-state index contributed by atoms with van der Waals surface area (Å²) in [7, 11) is 0. The van der Waals surface area contributed by atoms with Crippen molar-refractivity contribution in [3.8, 4) is 11.6 Å². The number of carbonyl (C=O) groups excluding carboxylic acids is 1. The lowest BCUT2D eigenvalue weighted by molar-refractivity contribution is 0.0762. The molecule has 0 radical (unpaired) electrons. The van der Waals surface area contributed by atoms with Crippen molar-refractivity contribution in [2.75, 3.05) is 18.8 Å². The Morgan fingerprint density at radius 3 is 2.88 bits per heavy atom. The van der Waals surface area contributed by atoms with E-state index >= 15 is 0 Å². The molecule has 3 aromatic rings. The van der Waals surface area contributed by atoms with E-state index in [4.69, 9.17) is 10.2 Å². The zero-order valence-electron chi connectivity index (χ0n) is 13.9. The first-order chi connectivity index (χ1) is 11.6. The van der Waals surface area contributed by atoms with Gasteiger partial charge in [0.2, 0.25) is 5.82 Å². The Kier molecular flexibility index (Phi) is 4.50. The van der Waals surface area contributed by atoms with Crippen molar-refractivity contribution in [3.05, 3.63) is 36.1 Å². The van der Waals surface area contributed by atoms with Crippen LogP contribution in [0.1, 0.15) is 37.0 Å². The van der Waals surface area contributed by atoms with Crippen LogP contribution in [0.4, 0.5) is 5.82 Å². The molecule has 3 aromatic heterocycles. The Bertz CT molecular complexity index is 838. The van der Waals surface area contributed by atoms with Crippen LogP contribution in [0.15, 0.2) is 34.9 Å². The average molecular weight is 327 g/mol. The summed E-state index contributed by atoms with van der Waals surface area (Å²) in [6.07, 6.45) is 3.58. The summed E-state index contributed by atoms with van der Waals surface area (Å²) < 4.78 is 6.82. The van der Waals surface area contributed by atoms with Crippen LogP contribution in [0.3, 0.4) is 0 Å². The van der Waals surface area contributed by atoms with Gasteiger partial charge in [0.15, 0.2) is 11.4 Å². The average Bonchev–Trinajstić information content (AvgIpc) is 3.24. The third kappa shape index (κ3) is 2.97. The highest BCUT2D eigenvalue weighted by Gasteiger charge is 2.18. The fraction of sp³-hybridized carbons (Fsp3) is 0.353. The molecular weight excluding hydrogens is 306 g/mol. The van der Waals surface area contributed by atoms with E-state index < -0.39 is 0 Å². The van der Waals surface area contributed by atoms with E-state index in [1.165, 1.54) is 4.52 Å². The Morgan fingerprint density at radius 1 is 1.38 bits per heavy atom. The molecule has 0 atom stereocenters. The van der Waals surface area contributed by atoms with Crippen molar-refractivity contribution in [1.82, 2.24) is 19.5 Å². The van der Waals surface area contributed by atoms with Crippen LogP contribution in [0, 0.1) is 0 Å². The normalized spacial score (nSPS) is 11.1. The van der Waals surface area contributed by atoms with E-state index in [9.17, 15) is 4.79 Å². The van der Waals surface area contributed by atoms with E-state index in [-0.39, 0.29) is 5.91 Å². The fourth-order valence-corrected chi connectivity index (χ4v) is 2.58. The summed E-state index contributed by atoms with van der Waals surface area (Å²) in [4.78, 5) is 18.9. The van der Waals surface area contributed by atoms with Gasteiger partial charge in [-0.05, 0) is 37.6 Å². The Labute approximate surface area is 140 Å². The minimum absolute atomic E-state index is 0.0392. The number of nitrogens with zero attached hydrogens (tertiary/aromatic N) is 4. The molecule has 0 bridgehead atoms. The van der Waals surface area contributed by atoms with Crippen molar-refractivity contribution in [2.45, 2.75) is 26.7 Å². The molecule has 0 spiro atoms. The van der Waals surface area contributed by atoms with Crippen molar-refractivity contribution in [3.63, 3.8) is 0 Å². The fourth-order valence-electron chi connectivity index (χ4n) is 2.58. The highest BCUT2D eigenvalue weighted by molar-refractivity contribution is 5.96. The van der Waals surface area contributed by atoms with Crippen LogP contribution in [-0.4, -0.2) is 38.5 Å². The van der Waals surface area contributed by atoms with E-state index in [0.717, 1.165) is 19.4 Å². The largest absolute Gasteiger partial charge is 0.461 e. The molecule has 7 nitrogen and oxygen atoms in total. The number of carbonyl (C=O) groups is 1. The number of pyridine rings is 1. The van der Waals surface area contributed by atoms with E-state index in [1.807, 2.05) is 11.8 Å². The topological polar surface area (TPSA) is 89.7 Å². The number of hydrogen-bond acceptors (Lipinski definition) is 5. The molecule has 3 rings (SSSR count). The SMILES string of the molecule is CCCCN(CC)C(=O)c1cc(N)n2nc(-c3ccco3)nc2c1. The van der Waals surface area contributed by atoms with Crippen LogP contribution >= 0.6 is 0 Å². The van der Waals surface area contributed by atoms with Crippen LogP contribution in [0.5, 0.6) is 0 Å². The zero-order valence-corrected chi connectivity index (χ0v) is 13.9. The number of aromatic nitrogens is 3. The van der Waals surface area contributed by atoms with Gasteiger partial charge in [0.25, 0.3) is 5.91 Å². The van der Waals surface area contributed by atoms with Gasteiger partial charge in [0.05, 0.1) is 6.26 Å². The second-order valence-corrected chi connectivity index (χ2v) is 5.59. The van der Waals surface area contributed by atoms with Gasteiger partial charge in [-0.2, -0.15) is 4.52 Å². The zero-order chi connectivity index (χ0) is 17.1. The van der Waals surface area contributed by atoms with Gasteiger partial charge in [-0.3, -0.25) is 4.79 Å². The molecule has 3 heterocycles.